The summed E-state index contributed by atoms with van der Waals surface area (Å²) in [6.07, 6.45) is 1.89. The Morgan fingerprint density at radius 2 is 2.09 bits per heavy atom. The van der Waals surface area contributed by atoms with Crippen LogP contribution in [0.4, 0.5) is 0 Å². The fraction of sp³-hybridized carbons (Fsp3) is 0.316. The normalized spacial score (nSPS) is 19.3. The van der Waals surface area contributed by atoms with Crippen LogP contribution in [0.25, 0.3) is 10.8 Å². The van der Waals surface area contributed by atoms with Gasteiger partial charge in [-0.2, -0.15) is 0 Å². The molecule has 3 aromatic rings. The van der Waals surface area contributed by atoms with Crippen molar-refractivity contribution in [2.45, 2.75) is 19.5 Å². The van der Waals surface area contributed by atoms with E-state index >= 15 is 0 Å². The molecule has 1 N–H and O–H groups in total. The van der Waals surface area contributed by atoms with E-state index in [9.17, 15) is 0 Å². The summed E-state index contributed by atoms with van der Waals surface area (Å²) in [6, 6.07) is 15.3. The van der Waals surface area contributed by atoms with Crippen LogP contribution in [0.2, 0.25) is 0 Å². The molecule has 0 bridgehead atoms. The van der Waals surface area contributed by atoms with E-state index in [1.54, 1.807) is 0 Å². The Labute approximate surface area is 136 Å². The van der Waals surface area contributed by atoms with Crippen molar-refractivity contribution in [1.29, 1.82) is 0 Å². The fourth-order valence-electron chi connectivity index (χ4n) is 3.33. The van der Waals surface area contributed by atoms with Crippen molar-refractivity contribution in [3.05, 3.63) is 65.7 Å². The molecule has 0 aliphatic carbocycles. The number of benzene rings is 2. The maximum absolute atomic E-state index is 5.70. The van der Waals surface area contributed by atoms with Gasteiger partial charge in [-0.25, -0.2) is 4.98 Å². The van der Waals surface area contributed by atoms with Gasteiger partial charge in [-0.15, -0.1) is 0 Å². The summed E-state index contributed by atoms with van der Waals surface area (Å²) in [4.78, 5) is 10.3. The molecule has 4 nitrogen and oxygen atoms in total. The molecule has 118 valence electrons. The van der Waals surface area contributed by atoms with Gasteiger partial charge in [0.1, 0.15) is 5.82 Å². The molecule has 1 aliphatic heterocycles. The molecule has 1 unspecified atom stereocenters. The average Bonchev–Trinajstić information content (AvgIpc) is 3.02. The zero-order valence-corrected chi connectivity index (χ0v) is 13.3. The minimum Gasteiger partial charge on any atom is -0.378 e. The first-order chi connectivity index (χ1) is 11.3. The van der Waals surface area contributed by atoms with E-state index in [1.807, 2.05) is 13.1 Å². The highest BCUT2D eigenvalue weighted by Gasteiger charge is 2.27. The van der Waals surface area contributed by atoms with Crippen molar-refractivity contribution in [1.82, 2.24) is 14.9 Å². The first-order valence-corrected chi connectivity index (χ1v) is 8.11. The molecule has 4 heteroatoms. The second kappa shape index (κ2) is 6.14. The van der Waals surface area contributed by atoms with E-state index in [2.05, 4.69) is 57.3 Å². The quantitative estimate of drug-likeness (QED) is 0.806. The van der Waals surface area contributed by atoms with E-state index in [-0.39, 0.29) is 6.04 Å². The van der Waals surface area contributed by atoms with Gasteiger partial charge in [0, 0.05) is 25.0 Å². The molecule has 4 rings (SSSR count). The first kappa shape index (κ1) is 14.4. The summed E-state index contributed by atoms with van der Waals surface area (Å²) in [7, 11) is 0. The van der Waals surface area contributed by atoms with Crippen LogP contribution in [0, 0.1) is 6.92 Å². The molecule has 2 heterocycles. The molecule has 0 radical (unpaired) electrons. The van der Waals surface area contributed by atoms with Gasteiger partial charge in [-0.05, 0) is 23.3 Å². The number of nitrogens with one attached hydrogen (secondary N) is 1. The Morgan fingerprint density at radius 1 is 1.22 bits per heavy atom. The standard InChI is InChI=1S/C19H21N3O/c1-14-11-20-19(21-14)18-13-23-10-9-22(18)12-16-7-4-6-15-5-2-3-8-17(15)16/h2-8,11,18H,9-10,12-13H2,1H3,(H,20,21). The molecule has 2 aromatic carbocycles. The Kier molecular flexibility index (Phi) is 3.85. The second-order valence-electron chi connectivity index (χ2n) is 6.15. The third-order valence-electron chi connectivity index (χ3n) is 4.53. The monoisotopic (exact) mass is 307 g/mol. The van der Waals surface area contributed by atoms with E-state index in [4.69, 9.17) is 4.74 Å². The van der Waals surface area contributed by atoms with Crippen LogP contribution in [0.3, 0.4) is 0 Å². The second-order valence-corrected chi connectivity index (χ2v) is 6.15. The molecular formula is C19H21N3O. The van der Waals surface area contributed by atoms with Crippen LogP contribution in [-0.2, 0) is 11.3 Å². The molecule has 23 heavy (non-hydrogen) atoms. The predicted octanol–water partition coefficient (Wildman–Crippen LogP) is 3.44. The number of nitrogens with zero attached hydrogens (tertiary/aromatic N) is 2. The van der Waals surface area contributed by atoms with Crippen molar-refractivity contribution in [3.8, 4) is 0 Å². The van der Waals surface area contributed by atoms with Gasteiger partial charge in [-0.1, -0.05) is 42.5 Å². The molecule has 0 amide bonds. The van der Waals surface area contributed by atoms with Gasteiger partial charge in [0.25, 0.3) is 0 Å². The third kappa shape index (κ3) is 2.87. The topological polar surface area (TPSA) is 41.1 Å². The number of hydrogen-bond acceptors (Lipinski definition) is 3. The van der Waals surface area contributed by atoms with Crippen molar-refractivity contribution >= 4 is 10.8 Å². The predicted molar refractivity (Wildman–Crippen MR) is 91.2 cm³/mol. The Bertz CT molecular complexity index is 806. The van der Waals surface area contributed by atoms with Gasteiger partial charge in [-0.3, -0.25) is 4.90 Å². The Morgan fingerprint density at radius 3 is 2.96 bits per heavy atom. The van der Waals surface area contributed by atoms with Crippen molar-refractivity contribution in [3.63, 3.8) is 0 Å². The Hall–Kier alpha value is -2.17. The lowest BCUT2D eigenvalue weighted by Crippen LogP contribution is -2.39. The number of rotatable bonds is 3. The first-order valence-electron chi connectivity index (χ1n) is 8.11. The number of fused-ring (bicyclic) bond motifs is 1. The van der Waals surface area contributed by atoms with Gasteiger partial charge in [0.2, 0.25) is 0 Å². The number of hydrogen-bond donors (Lipinski definition) is 1. The van der Waals surface area contributed by atoms with Crippen LogP contribution < -0.4 is 0 Å². The summed E-state index contributed by atoms with van der Waals surface area (Å²) < 4.78 is 5.70. The van der Waals surface area contributed by atoms with Gasteiger partial charge >= 0.3 is 0 Å². The lowest BCUT2D eigenvalue weighted by Gasteiger charge is -2.34. The van der Waals surface area contributed by atoms with E-state index in [0.717, 1.165) is 31.2 Å². The van der Waals surface area contributed by atoms with Crippen molar-refractivity contribution in [2.75, 3.05) is 19.8 Å². The molecule has 1 fully saturated rings. The number of ether oxygens (including phenoxy) is 1. The highest BCUT2D eigenvalue weighted by atomic mass is 16.5. The number of aryl methyl sites for hydroxylation is 1. The molecule has 1 aliphatic rings. The van der Waals surface area contributed by atoms with E-state index < -0.39 is 0 Å². The Balaban J connectivity index is 1.65. The average molecular weight is 307 g/mol. The molecule has 0 saturated carbocycles. The van der Waals surface area contributed by atoms with Gasteiger partial charge in [0.05, 0.1) is 19.3 Å². The number of aromatic nitrogens is 2. The molecular weight excluding hydrogens is 286 g/mol. The number of aromatic amines is 1. The minimum atomic E-state index is 0.191. The summed E-state index contributed by atoms with van der Waals surface area (Å²) in [6.45, 7) is 5.34. The molecule has 1 aromatic heterocycles. The van der Waals surface area contributed by atoms with E-state index in [0.29, 0.717) is 6.61 Å². The van der Waals surface area contributed by atoms with Gasteiger partial charge in [0.15, 0.2) is 0 Å². The van der Waals surface area contributed by atoms with Crippen LogP contribution in [0.5, 0.6) is 0 Å². The zero-order chi connectivity index (χ0) is 15.6. The largest absolute Gasteiger partial charge is 0.378 e. The summed E-state index contributed by atoms with van der Waals surface area (Å²) in [5.74, 6) is 1.00. The van der Waals surface area contributed by atoms with Crippen LogP contribution in [0.1, 0.15) is 23.1 Å². The van der Waals surface area contributed by atoms with E-state index in [1.165, 1.54) is 16.3 Å². The molecule has 1 saturated heterocycles. The summed E-state index contributed by atoms with van der Waals surface area (Å²) in [5, 5.41) is 2.62. The fourth-order valence-corrected chi connectivity index (χ4v) is 3.33. The minimum absolute atomic E-state index is 0.191. The highest BCUT2D eigenvalue weighted by Crippen LogP contribution is 2.27. The smallest absolute Gasteiger partial charge is 0.126 e. The molecule has 1 atom stereocenters. The lowest BCUT2D eigenvalue weighted by molar-refractivity contribution is -0.0154. The SMILES string of the molecule is Cc1cnc(C2COCCN2Cc2cccc3ccccc23)[nH]1. The van der Waals surface area contributed by atoms with Crippen LogP contribution in [0.15, 0.2) is 48.7 Å². The van der Waals surface area contributed by atoms with Crippen LogP contribution >= 0.6 is 0 Å². The summed E-state index contributed by atoms with van der Waals surface area (Å²) >= 11 is 0. The zero-order valence-electron chi connectivity index (χ0n) is 13.3. The van der Waals surface area contributed by atoms with Crippen molar-refractivity contribution in [2.24, 2.45) is 0 Å². The number of imidazole rings is 1. The third-order valence-corrected chi connectivity index (χ3v) is 4.53. The number of H-pyrrole nitrogens is 1. The number of morpholine rings is 1. The van der Waals surface area contributed by atoms with Crippen LogP contribution in [-0.4, -0.2) is 34.6 Å². The molecule has 0 spiro atoms. The lowest BCUT2D eigenvalue weighted by atomic mass is 10.0. The van der Waals surface area contributed by atoms with Crippen molar-refractivity contribution < 1.29 is 4.74 Å². The maximum atomic E-state index is 5.70. The maximum Gasteiger partial charge on any atom is 0.126 e. The highest BCUT2D eigenvalue weighted by molar-refractivity contribution is 5.85. The van der Waals surface area contributed by atoms with Gasteiger partial charge < -0.3 is 9.72 Å². The summed E-state index contributed by atoms with van der Waals surface area (Å²) in [5.41, 5.74) is 2.45.